The molecule has 2 N–H and O–H groups in total. The molecule has 2 aliphatic heterocycles. The predicted octanol–water partition coefficient (Wildman–Crippen LogP) is 2.84. The van der Waals surface area contributed by atoms with E-state index in [9.17, 15) is 18.0 Å². The van der Waals surface area contributed by atoms with E-state index in [1.54, 1.807) is 0 Å². The largest absolute Gasteiger partial charge is 0.391 e. The van der Waals surface area contributed by atoms with E-state index in [1.165, 1.54) is 0 Å². The lowest BCUT2D eigenvalue weighted by Crippen LogP contribution is -2.52. The van der Waals surface area contributed by atoms with E-state index in [2.05, 4.69) is 0 Å². The number of carbonyl (C=O) groups excluding carboxylic acids is 1. The van der Waals surface area contributed by atoms with Gasteiger partial charge in [-0.3, -0.25) is 4.79 Å². The Morgan fingerprint density at radius 2 is 1.48 bits per heavy atom. The molecule has 3 nitrogen and oxygen atoms in total. The lowest BCUT2D eigenvalue weighted by atomic mass is 9.80. The van der Waals surface area contributed by atoms with Crippen molar-refractivity contribution in [3.05, 3.63) is 0 Å². The zero-order valence-corrected chi connectivity index (χ0v) is 12.1. The quantitative estimate of drug-likeness (QED) is 0.809. The van der Waals surface area contributed by atoms with Crippen LogP contribution in [0.5, 0.6) is 0 Å². The van der Waals surface area contributed by atoms with Gasteiger partial charge in [0.2, 0.25) is 5.91 Å². The first-order valence-corrected chi connectivity index (χ1v) is 8.00. The fourth-order valence-electron chi connectivity index (χ4n) is 4.46. The lowest BCUT2D eigenvalue weighted by Gasteiger charge is -2.41. The number of amides is 1. The van der Waals surface area contributed by atoms with E-state index < -0.39 is 12.1 Å². The van der Waals surface area contributed by atoms with Gasteiger partial charge in [-0.1, -0.05) is 0 Å². The maximum atomic E-state index is 12.7. The molecule has 2 saturated heterocycles. The molecule has 2 heterocycles. The highest BCUT2D eigenvalue weighted by molar-refractivity contribution is 5.80. The molecule has 2 unspecified atom stereocenters. The second kappa shape index (κ2) is 5.45. The first-order valence-electron chi connectivity index (χ1n) is 8.00. The van der Waals surface area contributed by atoms with Crippen LogP contribution in [0.4, 0.5) is 13.2 Å². The monoisotopic (exact) mass is 304 g/mol. The van der Waals surface area contributed by atoms with Gasteiger partial charge in [0.15, 0.2) is 0 Å². The molecule has 2 bridgehead atoms. The van der Waals surface area contributed by atoms with Crippen molar-refractivity contribution in [2.24, 2.45) is 17.6 Å². The first kappa shape index (κ1) is 15.1. The summed E-state index contributed by atoms with van der Waals surface area (Å²) in [4.78, 5) is 14.7. The molecule has 3 rings (SSSR count). The summed E-state index contributed by atoms with van der Waals surface area (Å²) in [5.74, 6) is -1.33. The summed E-state index contributed by atoms with van der Waals surface area (Å²) in [6.45, 7) is 0. The molecule has 0 aromatic carbocycles. The normalized spacial score (nSPS) is 40.4. The number of hydrogen-bond donors (Lipinski definition) is 1. The van der Waals surface area contributed by atoms with Crippen molar-refractivity contribution in [1.29, 1.82) is 0 Å². The van der Waals surface area contributed by atoms with Crippen LogP contribution < -0.4 is 5.73 Å². The second-order valence-corrected chi connectivity index (χ2v) is 6.95. The second-order valence-electron chi connectivity index (χ2n) is 6.95. The topological polar surface area (TPSA) is 46.3 Å². The van der Waals surface area contributed by atoms with Gasteiger partial charge in [-0.2, -0.15) is 13.2 Å². The van der Waals surface area contributed by atoms with Crippen molar-refractivity contribution >= 4 is 5.91 Å². The van der Waals surface area contributed by atoms with Crippen LogP contribution in [0, 0.1) is 11.8 Å². The van der Waals surface area contributed by atoms with Crippen LogP contribution in [0.3, 0.4) is 0 Å². The summed E-state index contributed by atoms with van der Waals surface area (Å²) < 4.78 is 38.1. The summed E-state index contributed by atoms with van der Waals surface area (Å²) in [5, 5.41) is 0. The van der Waals surface area contributed by atoms with Crippen molar-refractivity contribution in [3.8, 4) is 0 Å². The highest BCUT2D eigenvalue weighted by Crippen LogP contribution is 2.42. The molecule has 120 valence electrons. The van der Waals surface area contributed by atoms with Gasteiger partial charge in [-0.25, -0.2) is 0 Å². The average molecular weight is 304 g/mol. The van der Waals surface area contributed by atoms with Gasteiger partial charge in [-0.15, -0.1) is 0 Å². The minimum Gasteiger partial charge on any atom is -0.336 e. The molecule has 1 saturated carbocycles. The molecule has 1 aliphatic carbocycles. The van der Waals surface area contributed by atoms with Crippen LogP contribution >= 0.6 is 0 Å². The van der Waals surface area contributed by atoms with E-state index in [-0.39, 0.29) is 42.8 Å². The molecule has 0 aromatic heterocycles. The van der Waals surface area contributed by atoms with E-state index in [4.69, 9.17) is 5.73 Å². The van der Waals surface area contributed by atoms with Gasteiger partial charge in [0.25, 0.3) is 0 Å². The van der Waals surface area contributed by atoms with Gasteiger partial charge in [0, 0.05) is 24.0 Å². The predicted molar refractivity (Wildman–Crippen MR) is 72.4 cm³/mol. The summed E-state index contributed by atoms with van der Waals surface area (Å²) in [6, 6.07) is 0.630. The number of halogens is 3. The highest BCUT2D eigenvalue weighted by atomic mass is 19.4. The Hall–Kier alpha value is -0.780. The first-order chi connectivity index (χ1) is 9.86. The molecule has 21 heavy (non-hydrogen) atoms. The van der Waals surface area contributed by atoms with Gasteiger partial charge in [0.1, 0.15) is 0 Å². The summed E-state index contributed by atoms with van der Waals surface area (Å²) in [5.41, 5.74) is 6.00. The molecule has 1 amide bonds. The highest BCUT2D eigenvalue weighted by Gasteiger charge is 2.47. The molecule has 0 aromatic rings. The van der Waals surface area contributed by atoms with Crippen LogP contribution in [0.15, 0.2) is 0 Å². The Morgan fingerprint density at radius 3 is 1.95 bits per heavy atom. The van der Waals surface area contributed by atoms with Crippen LogP contribution in [0.1, 0.15) is 51.4 Å². The number of alkyl halides is 3. The molecule has 0 spiro atoms. The van der Waals surface area contributed by atoms with Crippen molar-refractivity contribution < 1.29 is 18.0 Å². The van der Waals surface area contributed by atoms with E-state index in [0.717, 1.165) is 25.7 Å². The number of nitrogens with two attached hydrogens (primary N) is 1. The summed E-state index contributed by atoms with van der Waals surface area (Å²) >= 11 is 0. The van der Waals surface area contributed by atoms with Gasteiger partial charge in [-0.05, 0) is 51.4 Å². The SMILES string of the molecule is NC1CC2CCC(C1)N2C(=O)C1CCC(C(F)(F)F)CC1. The number of carbonyl (C=O) groups is 1. The van der Waals surface area contributed by atoms with Crippen LogP contribution in [-0.2, 0) is 4.79 Å². The third-order valence-electron chi connectivity index (χ3n) is 5.56. The van der Waals surface area contributed by atoms with Crippen LogP contribution in [0.2, 0.25) is 0 Å². The standard InChI is InChI=1S/C15H23F3N2O/c16-15(17,18)10-3-1-9(2-4-10)14(21)20-12-5-6-13(20)8-11(19)7-12/h9-13H,1-8,19H2. The molecular weight excluding hydrogens is 281 g/mol. The smallest absolute Gasteiger partial charge is 0.336 e. The van der Waals surface area contributed by atoms with E-state index in [0.29, 0.717) is 12.8 Å². The number of fused-ring (bicyclic) bond motifs is 2. The third-order valence-corrected chi connectivity index (χ3v) is 5.56. The number of piperidine rings is 1. The van der Waals surface area contributed by atoms with Crippen LogP contribution in [0.25, 0.3) is 0 Å². The molecule has 0 radical (unpaired) electrons. The zero-order valence-electron chi connectivity index (χ0n) is 12.1. The molecule has 2 atom stereocenters. The number of nitrogens with zero attached hydrogens (tertiary/aromatic N) is 1. The summed E-state index contributed by atoms with van der Waals surface area (Å²) in [6.07, 6.45) is 0.552. The molecule has 3 fully saturated rings. The van der Waals surface area contributed by atoms with Crippen molar-refractivity contribution in [3.63, 3.8) is 0 Å². The fraction of sp³-hybridized carbons (Fsp3) is 0.933. The van der Waals surface area contributed by atoms with Crippen molar-refractivity contribution in [2.75, 3.05) is 0 Å². The van der Waals surface area contributed by atoms with E-state index in [1.807, 2.05) is 4.90 Å². The maximum Gasteiger partial charge on any atom is 0.391 e. The lowest BCUT2D eigenvalue weighted by molar-refractivity contribution is -0.185. The molecule has 6 heteroatoms. The Bertz CT molecular complexity index is 390. The van der Waals surface area contributed by atoms with Gasteiger partial charge < -0.3 is 10.6 Å². The van der Waals surface area contributed by atoms with Gasteiger partial charge in [0.05, 0.1) is 5.92 Å². The van der Waals surface area contributed by atoms with Crippen molar-refractivity contribution in [2.45, 2.75) is 75.7 Å². The molecular formula is C15H23F3N2O. The Morgan fingerprint density at radius 1 is 0.952 bits per heavy atom. The maximum absolute atomic E-state index is 12.7. The Balaban J connectivity index is 1.60. The zero-order chi connectivity index (χ0) is 15.2. The average Bonchev–Trinajstić information content (AvgIpc) is 2.69. The third kappa shape index (κ3) is 2.91. The fourth-order valence-corrected chi connectivity index (χ4v) is 4.46. The molecule has 3 aliphatic rings. The van der Waals surface area contributed by atoms with E-state index >= 15 is 0 Å². The number of hydrogen-bond acceptors (Lipinski definition) is 2. The minimum absolute atomic E-state index is 0.0926. The Labute approximate surface area is 123 Å². The minimum atomic E-state index is -4.11. The van der Waals surface area contributed by atoms with Crippen LogP contribution in [-0.4, -0.2) is 35.1 Å². The van der Waals surface area contributed by atoms with Crippen molar-refractivity contribution in [1.82, 2.24) is 4.90 Å². The Kier molecular flexibility index (Phi) is 3.93. The summed E-state index contributed by atoms with van der Waals surface area (Å²) in [7, 11) is 0. The van der Waals surface area contributed by atoms with Gasteiger partial charge >= 0.3 is 6.18 Å². The number of rotatable bonds is 1.